The topological polar surface area (TPSA) is 0 Å². The summed E-state index contributed by atoms with van der Waals surface area (Å²) in [5.74, 6) is 0. The highest BCUT2D eigenvalue weighted by molar-refractivity contribution is 7.00. The monoisotopic (exact) mass is 132 g/mol. The van der Waals surface area contributed by atoms with Crippen molar-refractivity contribution >= 4 is 8.07 Å². The lowest BCUT2D eigenvalue weighted by Gasteiger charge is -2.05. The first-order chi connectivity index (χ1) is 4.24. The van der Waals surface area contributed by atoms with E-state index < -0.39 is 8.07 Å². The van der Waals surface area contributed by atoms with Crippen LogP contribution >= 0.6 is 0 Å². The van der Waals surface area contributed by atoms with Gasteiger partial charge >= 0.3 is 0 Å². The molecule has 0 nitrogen and oxygen atoms in total. The van der Waals surface area contributed by atoms with Crippen LogP contribution in [0.5, 0.6) is 0 Å². The van der Waals surface area contributed by atoms with Gasteiger partial charge in [0.25, 0.3) is 8.07 Å². The predicted molar refractivity (Wildman–Crippen MR) is 42.7 cm³/mol. The van der Waals surface area contributed by atoms with Crippen LogP contribution in [0, 0.1) is 35.9 Å². The second-order valence-electron chi connectivity index (χ2n) is 1.69. The van der Waals surface area contributed by atoms with Crippen molar-refractivity contribution in [2.45, 2.75) is 13.0 Å². The van der Waals surface area contributed by atoms with Crippen LogP contribution in [0.2, 0.25) is 6.04 Å². The Kier molecular flexibility index (Phi) is 2.66. The van der Waals surface area contributed by atoms with Crippen LogP contribution in [-0.2, 0) is 0 Å². The third kappa shape index (κ3) is 1.39. The molecule has 0 atom stereocenters. The van der Waals surface area contributed by atoms with Gasteiger partial charge in [-0.3, -0.25) is 0 Å². The van der Waals surface area contributed by atoms with Crippen molar-refractivity contribution in [2.75, 3.05) is 0 Å². The molecule has 44 valence electrons. The third-order valence-corrected chi connectivity index (χ3v) is 3.81. The normalized spacial score (nSPS) is 8.67. The average molecular weight is 132 g/mol. The van der Waals surface area contributed by atoms with Crippen LogP contribution in [-0.4, -0.2) is 8.07 Å². The Bertz CT molecular complexity index is 170. The summed E-state index contributed by atoms with van der Waals surface area (Å²) < 4.78 is 0. The second kappa shape index (κ2) is 3.03. The molecule has 1 heteroatoms. The summed E-state index contributed by atoms with van der Waals surface area (Å²) >= 11 is 0. The van der Waals surface area contributed by atoms with Gasteiger partial charge in [0.15, 0.2) is 0 Å². The summed E-state index contributed by atoms with van der Waals surface area (Å²) in [5.41, 5.74) is 7.59. The Morgan fingerprint density at radius 2 is 1.44 bits per heavy atom. The molecule has 0 fully saturated rings. The summed E-state index contributed by atoms with van der Waals surface area (Å²) in [5, 5.41) is 0. The summed E-state index contributed by atoms with van der Waals surface area (Å²) in [6.45, 7) is 1.94. The molecule has 0 aromatic heterocycles. The molecule has 0 aliphatic rings. The van der Waals surface area contributed by atoms with E-state index in [-0.39, 0.29) is 0 Å². The minimum absolute atomic E-state index is 0.774. The maximum atomic E-state index is 5.17. The van der Waals surface area contributed by atoms with Crippen molar-refractivity contribution in [3.8, 4) is 35.9 Å². The quantitative estimate of drug-likeness (QED) is 0.368. The molecule has 0 aliphatic heterocycles. The molecule has 0 saturated carbocycles. The molecule has 0 rings (SSSR count). The SMILES string of the molecule is C#C[Si](C#C)(C#C)CC. The molecule has 0 unspecified atom stereocenters. The molecule has 0 aromatic rings. The summed E-state index contributed by atoms with van der Waals surface area (Å²) in [6, 6.07) is 0.774. The van der Waals surface area contributed by atoms with Gasteiger partial charge in [0.05, 0.1) is 0 Å². The van der Waals surface area contributed by atoms with Gasteiger partial charge in [-0.1, -0.05) is 6.92 Å². The number of hydrogen-bond donors (Lipinski definition) is 0. The lowest BCUT2D eigenvalue weighted by atomic mass is 11.0. The number of rotatable bonds is 1. The molecule has 0 aromatic carbocycles. The molecule has 0 saturated heterocycles. The summed E-state index contributed by atoms with van der Waals surface area (Å²) in [4.78, 5) is 0. The van der Waals surface area contributed by atoms with Crippen molar-refractivity contribution in [1.29, 1.82) is 0 Å². The first-order valence-electron chi connectivity index (χ1n) is 2.68. The molecule has 0 heterocycles. The van der Waals surface area contributed by atoms with Crippen LogP contribution in [0.3, 0.4) is 0 Å². The lowest BCUT2D eigenvalue weighted by molar-refractivity contribution is 1.43. The van der Waals surface area contributed by atoms with E-state index in [0.717, 1.165) is 6.04 Å². The minimum Gasteiger partial charge on any atom is -0.125 e. The zero-order valence-corrected chi connectivity index (χ0v) is 6.44. The van der Waals surface area contributed by atoms with Crippen LogP contribution in [0.1, 0.15) is 6.92 Å². The van der Waals surface area contributed by atoms with Gasteiger partial charge in [-0.2, -0.15) is 0 Å². The van der Waals surface area contributed by atoms with Crippen molar-refractivity contribution in [1.82, 2.24) is 0 Å². The highest BCUT2D eigenvalue weighted by atomic mass is 28.3. The largest absolute Gasteiger partial charge is 0.289 e. The van der Waals surface area contributed by atoms with Gasteiger partial charge in [0, 0.05) is 0 Å². The van der Waals surface area contributed by atoms with Crippen molar-refractivity contribution in [3.63, 3.8) is 0 Å². The summed E-state index contributed by atoms with van der Waals surface area (Å²) in [7, 11) is -2.11. The van der Waals surface area contributed by atoms with Gasteiger partial charge < -0.3 is 0 Å². The van der Waals surface area contributed by atoms with Crippen LogP contribution in [0.4, 0.5) is 0 Å². The molecule has 0 bridgehead atoms. The van der Waals surface area contributed by atoms with Gasteiger partial charge in [-0.25, -0.2) is 0 Å². The Morgan fingerprint density at radius 1 is 1.11 bits per heavy atom. The van der Waals surface area contributed by atoms with Gasteiger partial charge in [-0.05, 0) is 6.04 Å². The molecular formula is C8H8Si. The van der Waals surface area contributed by atoms with Gasteiger partial charge in [0.1, 0.15) is 0 Å². The Morgan fingerprint density at radius 3 is 1.44 bits per heavy atom. The van der Waals surface area contributed by atoms with Crippen molar-refractivity contribution < 1.29 is 0 Å². The van der Waals surface area contributed by atoms with E-state index in [4.69, 9.17) is 19.3 Å². The van der Waals surface area contributed by atoms with Crippen LogP contribution in [0.15, 0.2) is 0 Å². The molecule has 9 heavy (non-hydrogen) atoms. The Labute approximate surface area is 57.7 Å². The van der Waals surface area contributed by atoms with E-state index in [2.05, 4.69) is 16.6 Å². The second-order valence-corrected chi connectivity index (χ2v) is 5.08. The molecule has 0 spiro atoms. The highest BCUT2D eigenvalue weighted by Crippen LogP contribution is 2.03. The maximum absolute atomic E-state index is 5.17. The molecule has 0 N–H and O–H groups in total. The highest BCUT2D eigenvalue weighted by Gasteiger charge is 2.22. The van der Waals surface area contributed by atoms with Crippen LogP contribution in [0.25, 0.3) is 0 Å². The number of hydrogen-bond acceptors (Lipinski definition) is 0. The van der Waals surface area contributed by atoms with Gasteiger partial charge in [0.2, 0.25) is 0 Å². The van der Waals surface area contributed by atoms with E-state index in [0.29, 0.717) is 0 Å². The fourth-order valence-corrected chi connectivity index (χ4v) is 1.29. The zero-order valence-electron chi connectivity index (χ0n) is 5.44. The van der Waals surface area contributed by atoms with Gasteiger partial charge in [-0.15, -0.1) is 35.9 Å². The zero-order chi connectivity index (χ0) is 7.33. The first-order valence-corrected chi connectivity index (χ1v) is 4.88. The predicted octanol–water partition coefficient (Wildman–Crippen LogP) is 0.972. The Balaban J connectivity index is 4.54. The molecule has 0 radical (unpaired) electrons. The minimum atomic E-state index is -2.11. The van der Waals surface area contributed by atoms with E-state index >= 15 is 0 Å². The lowest BCUT2D eigenvalue weighted by Crippen LogP contribution is -2.27. The maximum Gasteiger partial charge on any atom is 0.289 e. The molecular weight excluding hydrogens is 124 g/mol. The van der Waals surface area contributed by atoms with E-state index in [1.807, 2.05) is 6.92 Å². The first kappa shape index (κ1) is 7.90. The number of terminal acetylenes is 3. The van der Waals surface area contributed by atoms with E-state index in [9.17, 15) is 0 Å². The van der Waals surface area contributed by atoms with Crippen LogP contribution < -0.4 is 0 Å². The fourth-order valence-electron chi connectivity index (χ4n) is 0.431. The molecule has 0 aliphatic carbocycles. The standard InChI is InChI=1S/C8H8Si/c1-5-9(6-2,7-3)8-4/h1-3H,8H2,4H3. The summed E-state index contributed by atoms with van der Waals surface area (Å²) in [6.07, 6.45) is 15.5. The Hall–Kier alpha value is -1.10. The molecule has 0 amide bonds. The van der Waals surface area contributed by atoms with Crippen molar-refractivity contribution in [3.05, 3.63) is 0 Å². The smallest absolute Gasteiger partial charge is 0.125 e. The average Bonchev–Trinajstić information content (AvgIpc) is 1.95. The fraction of sp³-hybridized carbons (Fsp3) is 0.250. The van der Waals surface area contributed by atoms with E-state index in [1.165, 1.54) is 0 Å². The van der Waals surface area contributed by atoms with Crippen molar-refractivity contribution in [2.24, 2.45) is 0 Å². The third-order valence-electron chi connectivity index (χ3n) is 1.27. The van der Waals surface area contributed by atoms with E-state index in [1.54, 1.807) is 0 Å².